The van der Waals surface area contributed by atoms with Crippen molar-refractivity contribution < 1.29 is 8.42 Å². The van der Waals surface area contributed by atoms with Gasteiger partial charge in [0.25, 0.3) is 0 Å². The number of aryl methyl sites for hydroxylation is 1. The molecule has 0 unspecified atom stereocenters. The van der Waals surface area contributed by atoms with Crippen molar-refractivity contribution in [3.05, 3.63) is 35.7 Å². The molecule has 7 heteroatoms. The second-order valence-electron chi connectivity index (χ2n) is 4.40. The van der Waals surface area contributed by atoms with E-state index in [2.05, 4.69) is 15.5 Å². The standard InChI is InChI=1S/C12H16N4O2S/c1-8-9(7-15-16-8)6-14-12-4-3-10(5-11(12)13)19(2,17)18/h3-5,7,14H,6,13H2,1-2H3,(H,15,16). The largest absolute Gasteiger partial charge is 0.397 e. The predicted molar refractivity (Wildman–Crippen MR) is 74.6 cm³/mol. The highest BCUT2D eigenvalue weighted by Crippen LogP contribution is 2.23. The number of nitrogen functional groups attached to an aromatic ring is 1. The van der Waals surface area contributed by atoms with E-state index in [4.69, 9.17) is 5.73 Å². The molecule has 0 aliphatic heterocycles. The molecule has 0 atom stereocenters. The van der Waals surface area contributed by atoms with Crippen molar-refractivity contribution in [2.45, 2.75) is 18.4 Å². The molecule has 0 saturated heterocycles. The van der Waals surface area contributed by atoms with Crippen LogP contribution in [0, 0.1) is 6.92 Å². The van der Waals surface area contributed by atoms with E-state index in [0.29, 0.717) is 17.9 Å². The number of H-pyrrole nitrogens is 1. The number of sulfone groups is 1. The van der Waals surface area contributed by atoms with Gasteiger partial charge < -0.3 is 11.1 Å². The molecule has 2 aromatic rings. The van der Waals surface area contributed by atoms with Gasteiger partial charge in [-0.2, -0.15) is 5.10 Å². The van der Waals surface area contributed by atoms with Crippen molar-refractivity contribution >= 4 is 21.2 Å². The average Bonchev–Trinajstić information content (AvgIpc) is 2.72. The first kappa shape index (κ1) is 13.4. The number of nitrogens with one attached hydrogen (secondary N) is 2. The van der Waals surface area contributed by atoms with Crippen LogP contribution in [0.5, 0.6) is 0 Å². The Bertz CT molecular complexity index is 692. The molecule has 0 radical (unpaired) electrons. The Morgan fingerprint density at radius 1 is 1.42 bits per heavy atom. The maximum atomic E-state index is 11.4. The first-order valence-electron chi connectivity index (χ1n) is 5.70. The fraction of sp³-hybridized carbons (Fsp3) is 0.250. The SMILES string of the molecule is Cc1[nH]ncc1CNc1ccc(S(C)(=O)=O)cc1N. The molecule has 4 N–H and O–H groups in total. The summed E-state index contributed by atoms with van der Waals surface area (Å²) in [5.41, 5.74) is 8.97. The van der Waals surface area contributed by atoms with Crippen molar-refractivity contribution in [1.82, 2.24) is 10.2 Å². The quantitative estimate of drug-likeness (QED) is 0.733. The minimum Gasteiger partial charge on any atom is -0.397 e. The summed E-state index contributed by atoms with van der Waals surface area (Å²) in [4.78, 5) is 0.218. The van der Waals surface area contributed by atoms with Gasteiger partial charge in [-0.3, -0.25) is 5.10 Å². The van der Waals surface area contributed by atoms with Crippen LogP contribution in [0.1, 0.15) is 11.3 Å². The van der Waals surface area contributed by atoms with Crippen LogP contribution in [-0.2, 0) is 16.4 Å². The van der Waals surface area contributed by atoms with E-state index >= 15 is 0 Å². The van der Waals surface area contributed by atoms with E-state index in [1.54, 1.807) is 12.3 Å². The van der Waals surface area contributed by atoms with E-state index in [1.807, 2.05) is 6.92 Å². The van der Waals surface area contributed by atoms with E-state index in [1.165, 1.54) is 12.1 Å². The van der Waals surface area contributed by atoms with E-state index in [9.17, 15) is 8.42 Å². The summed E-state index contributed by atoms with van der Waals surface area (Å²) in [7, 11) is -3.23. The highest BCUT2D eigenvalue weighted by molar-refractivity contribution is 7.90. The minimum atomic E-state index is -3.23. The number of hydrogen-bond donors (Lipinski definition) is 3. The molecule has 6 nitrogen and oxygen atoms in total. The van der Waals surface area contributed by atoms with Crippen LogP contribution in [-0.4, -0.2) is 24.9 Å². The Morgan fingerprint density at radius 2 is 2.16 bits per heavy atom. The van der Waals surface area contributed by atoms with Crippen LogP contribution >= 0.6 is 0 Å². The second kappa shape index (κ2) is 4.93. The number of anilines is 2. The van der Waals surface area contributed by atoms with Gasteiger partial charge in [-0.05, 0) is 25.1 Å². The second-order valence-corrected chi connectivity index (χ2v) is 6.41. The van der Waals surface area contributed by atoms with E-state index in [0.717, 1.165) is 17.5 Å². The van der Waals surface area contributed by atoms with Gasteiger partial charge in [0.2, 0.25) is 0 Å². The number of aromatic amines is 1. The Morgan fingerprint density at radius 3 is 2.68 bits per heavy atom. The fourth-order valence-electron chi connectivity index (χ4n) is 1.68. The molecule has 102 valence electrons. The number of hydrogen-bond acceptors (Lipinski definition) is 5. The molecule has 0 bridgehead atoms. The van der Waals surface area contributed by atoms with E-state index < -0.39 is 9.84 Å². The van der Waals surface area contributed by atoms with Gasteiger partial charge in [0, 0.05) is 24.1 Å². The van der Waals surface area contributed by atoms with Crippen molar-refractivity contribution in [2.24, 2.45) is 0 Å². The number of nitrogens with two attached hydrogens (primary N) is 1. The Balaban J connectivity index is 2.16. The molecule has 0 aliphatic carbocycles. The van der Waals surface area contributed by atoms with Crippen LogP contribution in [0.2, 0.25) is 0 Å². The first-order chi connectivity index (χ1) is 8.88. The maximum absolute atomic E-state index is 11.4. The molecule has 2 rings (SSSR count). The number of nitrogens with zero attached hydrogens (tertiary/aromatic N) is 1. The smallest absolute Gasteiger partial charge is 0.175 e. The molecule has 0 spiro atoms. The monoisotopic (exact) mass is 280 g/mol. The van der Waals surface area contributed by atoms with Crippen LogP contribution in [0.3, 0.4) is 0 Å². The van der Waals surface area contributed by atoms with Gasteiger partial charge in [-0.1, -0.05) is 0 Å². The molecule has 0 aliphatic rings. The van der Waals surface area contributed by atoms with Crippen LogP contribution < -0.4 is 11.1 Å². The zero-order chi connectivity index (χ0) is 14.0. The Labute approximate surface area is 111 Å². The van der Waals surface area contributed by atoms with Crippen molar-refractivity contribution in [2.75, 3.05) is 17.3 Å². The lowest BCUT2D eigenvalue weighted by molar-refractivity contribution is 0.602. The summed E-state index contributed by atoms with van der Waals surface area (Å²) < 4.78 is 22.8. The molecule has 1 aromatic heterocycles. The molecule has 0 saturated carbocycles. The minimum absolute atomic E-state index is 0.218. The summed E-state index contributed by atoms with van der Waals surface area (Å²) >= 11 is 0. The van der Waals surface area contributed by atoms with Gasteiger partial charge >= 0.3 is 0 Å². The molecular weight excluding hydrogens is 264 g/mol. The molecule has 19 heavy (non-hydrogen) atoms. The normalized spacial score (nSPS) is 11.5. The van der Waals surface area contributed by atoms with Crippen molar-refractivity contribution in [3.63, 3.8) is 0 Å². The van der Waals surface area contributed by atoms with Gasteiger partial charge in [0.15, 0.2) is 9.84 Å². The maximum Gasteiger partial charge on any atom is 0.175 e. The van der Waals surface area contributed by atoms with Crippen LogP contribution in [0.4, 0.5) is 11.4 Å². The van der Waals surface area contributed by atoms with Crippen molar-refractivity contribution in [1.29, 1.82) is 0 Å². The van der Waals surface area contributed by atoms with Gasteiger partial charge in [0.05, 0.1) is 22.5 Å². The van der Waals surface area contributed by atoms with Crippen LogP contribution in [0.25, 0.3) is 0 Å². The fourth-order valence-corrected chi connectivity index (χ4v) is 2.33. The predicted octanol–water partition coefficient (Wildman–Crippen LogP) is 1.32. The highest BCUT2D eigenvalue weighted by atomic mass is 32.2. The van der Waals surface area contributed by atoms with Gasteiger partial charge in [0.1, 0.15) is 0 Å². The molecule has 0 fully saturated rings. The van der Waals surface area contributed by atoms with Gasteiger partial charge in [-0.25, -0.2) is 8.42 Å². The zero-order valence-electron chi connectivity index (χ0n) is 10.8. The summed E-state index contributed by atoms with van der Waals surface area (Å²) in [6, 6.07) is 4.66. The number of benzene rings is 1. The Hall–Kier alpha value is -2.02. The lowest BCUT2D eigenvalue weighted by Gasteiger charge is -2.10. The highest BCUT2D eigenvalue weighted by Gasteiger charge is 2.09. The molecular formula is C12H16N4O2S. The van der Waals surface area contributed by atoms with Crippen LogP contribution in [0.15, 0.2) is 29.3 Å². The molecule has 1 heterocycles. The third kappa shape index (κ3) is 3.05. The third-order valence-electron chi connectivity index (χ3n) is 2.85. The average molecular weight is 280 g/mol. The Kier molecular flexibility index (Phi) is 3.48. The third-order valence-corrected chi connectivity index (χ3v) is 3.97. The van der Waals surface area contributed by atoms with E-state index in [-0.39, 0.29) is 4.90 Å². The van der Waals surface area contributed by atoms with Gasteiger partial charge in [-0.15, -0.1) is 0 Å². The zero-order valence-corrected chi connectivity index (χ0v) is 11.6. The summed E-state index contributed by atoms with van der Waals surface area (Å²) in [5.74, 6) is 0. The number of aromatic nitrogens is 2. The van der Waals surface area contributed by atoms with Crippen molar-refractivity contribution in [3.8, 4) is 0 Å². The molecule has 0 amide bonds. The first-order valence-corrected chi connectivity index (χ1v) is 7.59. The lowest BCUT2D eigenvalue weighted by Crippen LogP contribution is -2.05. The topological polar surface area (TPSA) is 101 Å². The number of rotatable bonds is 4. The molecule has 1 aromatic carbocycles. The summed E-state index contributed by atoms with van der Waals surface area (Å²) in [6.07, 6.45) is 2.90. The lowest BCUT2D eigenvalue weighted by atomic mass is 10.2. The summed E-state index contributed by atoms with van der Waals surface area (Å²) in [5, 5.41) is 9.93. The summed E-state index contributed by atoms with van der Waals surface area (Å²) in [6.45, 7) is 2.50.